The molecular weight excluding hydrogens is 249 g/mol. The molecule has 0 aromatic heterocycles. The van der Waals surface area contributed by atoms with Crippen molar-refractivity contribution < 1.29 is 19.0 Å². The second-order valence-electron chi connectivity index (χ2n) is 3.84. The van der Waals surface area contributed by atoms with Gasteiger partial charge in [-0.1, -0.05) is 6.07 Å². The van der Waals surface area contributed by atoms with Crippen LogP contribution in [0.3, 0.4) is 0 Å². The third-order valence-electron chi connectivity index (χ3n) is 2.81. The number of carboxylic acid groups (broad SMARTS) is 1. The van der Waals surface area contributed by atoms with Crippen molar-refractivity contribution in [2.24, 2.45) is 5.73 Å². The SMILES string of the molecule is Cl.NC1(C(=O)O)CCOc2ccc(CF)cc21. The zero-order chi connectivity index (χ0) is 11.8. The molecular formula is C11H13ClFNO3. The Labute approximate surface area is 104 Å². The van der Waals surface area contributed by atoms with Crippen molar-refractivity contribution in [1.82, 2.24) is 0 Å². The van der Waals surface area contributed by atoms with Gasteiger partial charge in [-0.3, -0.25) is 0 Å². The minimum Gasteiger partial charge on any atom is -0.493 e. The van der Waals surface area contributed by atoms with Crippen LogP contribution >= 0.6 is 12.4 Å². The molecule has 6 heteroatoms. The molecule has 1 unspecified atom stereocenters. The fourth-order valence-corrected chi connectivity index (χ4v) is 1.81. The predicted molar refractivity (Wildman–Crippen MR) is 62.1 cm³/mol. The number of hydrogen-bond donors (Lipinski definition) is 2. The Morgan fingerprint density at radius 2 is 2.29 bits per heavy atom. The summed E-state index contributed by atoms with van der Waals surface area (Å²) in [6.07, 6.45) is 0.186. The average molecular weight is 262 g/mol. The summed E-state index contributed by atoms with van der Waals surface area (Å²) in [7, 11) is 0. The predicted octanol–water partition coefficient (Wildman–Crippen LogP) is 1.60. The molecule has 4 nitrogen and oxygen atoms in total. The van der Waals surface area contributed by atoms with E-state index >= 15 is 0 Å². The number of fused-ring (bicyclic) bond motifs is 1. The van der Waals surface area contributed by atoms with Gasteiger partial charge in [0, 0.05) is 12.0 Å². The molecule has 94 valence electrons. The molecule has 1 aliphatic rings. The molecule has 1 atom stereocenters. The van der Waals surface area contributed by atoms with Crippen LogP contribution < -0.4 is 10.5 Å². The highest BCUT2D eigenvalue weighted by molar-refractivity contribution is 5.85. The molecule has 1 aromatic rings. The fraction of sp³-hybridized carbons (Fsp3) is 0.364. The Balaban J connectivity index is 0.00000144. The molecule has 0 fully saturated rings. The summed E-state index contributed by atoms with van der Waals surface area (Å²) in [5.41, 5.74) is 5.11. The first-order valence-corrected chi connectivity index (χ1v) is 4.92. The molecule has 0 saturated heterocycles. The van der Waals surface area contributed by atoms with Crippen LogP contribution in [0, 0.1) is 0 Å². The third-order valence-corrected chi connectivity index (χ3v) is 2.81. The Bertz CT molecular complexity index is 441. The zero-order valence-corrected chi connectivity index (χ0v) is 9.80. The summed E-state index contributed by atoms with van der Waals surface area (Å²) >= 11 is 0. The topological polar surface area (TPSA) is 72.6 Å². The van der Waals surface area contributed by atoms with Crippen LogP contribution in [-0.2, 0) is 17.0 Å². The fourth-order valence-electron chi connectivity index (χ4n) is 1.81. The Morgan fingerprint density at radius 1 is 1.59 bits per heavy atom. The van der Waals surface area contributed by atoms with E-state index in [1.54, 1.807) is 12.1 Å². The number of ether oxygens (including phenoxy) is 1. The van der Waals surface area contributed by atoms with E-state index < -0.39 is 18.2 Å². The summed E-state index contributed by atoms with van der Waals surface area (Å²) in [5, 5.41) is 9.13. The molecule has 0 bridgehead atoms. The number of rotatable bonds is 2. The molecule has 0 aliphatic carbocycles. The van der Waals surface area contributed by atoms with Gasteiger partial charge in [0.25, 0.3) is 0 Å². The van der Waals surface area contributed by atoms with Gasteiger partial charge in [-0.05, 0) is 17.7 Å². The quantitative estimate of drug-likeness (QED) is 0.848. The second kappa shape index (κ2) is 4.89. The molecule has 0 saturated carbocycles. The molecule has 0 spiro atoms. The van der Waals surface area contributed by atoms with Gasteiger partial charge in [0.15, 0.2) is 0 Å². The maximum Gasteiger partial charge on any atom is 0.328 e. The lowest BCUT2D eigenvalue weighted by Gasteiger charge is -2.32. The van der Waals surface area contributed by atoms with Crippen LogP contribution in [-0.4, -0.2) is 17.7 Å². The van der Waals surface area contributed by atoms with E-state index in [2.05, 4.69) is 0 Å². The van der Waals surface area contributed by atoms with Gasteiger partial charge in [-0.15, -0.1) is 12.4 Å². The lowest BCUT2D eigenvalue weighted by Crippen LogP contribution is -2.48. The van der Waals surface area contributed by atoms with E-state index in [9.17, 15) is 9.18 Å². The maximum absolute atomic E-state index is 12.5. The molecule has 17 heavy (non-hydrogen) atoms. The first-order valence-electron chi connectivity index (χ1n) is 4.92. The molecule has 0 radical (unpaired) electrons. The Hall–Kier alpha value is -1.33. The van der Waals surface area contributed by atoms with Crippen LogP contribution in [0.25, 0.3) is 0 Å². The Kier molecular flexibility index (Phi) is 3.95. The van der Waals surface area contributed by atoms with Crippen molar-refractivity contribution in [3.8, 4) is 5.75 Å². The normalized spacial score (nSPS) is 22.0. The summed E-state index contributed by atoms with van der Waals surface area (Å²) in [6.45, 7) is -0.395. The van der Waals surface area contributed by atoms with Gasteiger partial charge < -0.3 is 15.6 Å². The minimum absolute atomic E-state index is 0. The van der Waals surface area contributed by atoms with Crippen molar-refractivity contribution in [3.05, 3.63) is 29.3 Å². The summed E-state index contributed by atoms with van der Waals surface area (Å²) < 4.78 is 17.8. The number of nitrogens with two attached hydrogens (primary N) is 1. The Morgan fingerprint density at radius 3 is 2.88 bits per heavy atom. The van der Waals surface area contributed by atoms with E-state index in [1.807, 2.05) is 0 Å². The van der Waals surface area contributed by atoms with Gasteiger partial charge in [0.05, 0.1) is 6.61 Å². The lowest BCUT2D eigenvalue weighted by atomic mass is 9.85. The minimum atomic E-state index is -1.47. The highest BCUT2D eigenvalue weighted by Gasteiger charge is 2.41. The standard InChI is InChI=1S/C11H12FNO3.ClH/c12-6-7-1-2-9-8(5-7)11(13,10(14)15)3-4-16-9;/h1-2,5H,3-4,6,13H2,(H,14,15);1H. The van der Waals surface area contributed by atoms with Gasteiger partial charge >= 0.3 is 5.97 Å². The first-order chi connectivity index (χ1) is 7.58. The summed E-state index contributed by atoms with van der Waals surface area (Å²) in [4.78, 5) is 11.2. The largest absolute Gasteiger partial charge is 0.493 e. The van der Waals surface area contributed by atoms with E-state index in [-0.39, 0.29) is 25.4 Å². The number of carbonyl (C=O) groups is 1. The molecule has 1 aromatic carbocycles. The second-order valence-corrected chi connectivity index (χ2v) is 3.84. The summed E-state index contributed by atoms with van der Waals surface area (Å²) in [6, 6.07) is 4.59. The van der Waals surface area contributed by atoms with E-state index in [1.165, 1.54) is 6.07 Å². The summed E-state index contributed by atoms with van der Waals surface area (Å²) in [5.74, 6) is -0.693. The molecule has 2 rings (SSSR count). The number of benzene rings is 1. The van der Waals surface area contributed by atoms with Crippen molar-refractivity contribution in [1.29, 1.82) is 0 Å². The van der Waals surface area contributed by atoms with E-state index in [0.717, 1.165) is 0 Å². The first kappa shape index (κ1) is 13.7. The lowest BCUT2D eigenvalue weighted by molar-refractivity contribution is -0.144. The van der Waals surface area contributed by atoms with Crippen molar-refractivity contribution >= 4 is 18.4 Å². The number of halogens is 2. The van der Waals surface area contributed by atoms with E-state index in [4.69, 9.17) is 15.6 Å². The molecule has 0 amide bonds. The van der Waals surface area contributed by atoms with Gasteiger partial charge in [-0.2, -0.15) is 0 Å². The van der Waals surface area contributed by atoms with Gasteiger partial charge in [0.1, 0.15) is 18.0 Å². The monoisotopic (exact) mass is 261 g/mol. The van der Waals surface area contributed by atoms with Crippen molar-refractivity contribution in [3.63, 3.8) is 0 Å². The van der Waals surface area contributed by atoms with Crippen LogP contribution in [0.4, 0.5) is 4.39 Å². The number of hydrogen-bond acceptors (Lipinski definition) is 3. The van der Waals surface area contributed by atoms with Crippen LogP contribution in [0.5, 0.6) is 5.75 Å². The zero-order valence-electron chi connectivity index (χ0n) is 8.98. The molecule has 1 heterocycles. The van der Waals surface area contributed by atoms with E-state index in [0.29, 0.717) is 16.9 Å². The maximum atomic E-state index is 12.5. The van der Waals surface area contributed by atoms with Gasteiger partial charge in [-0.25, -0.2) is 9.18 Å². The van der Waals surface area contributed by atoms with Crippen molar-refractivity contribution in [2.75, 3.05) is 6.61 Å². The third kappa shape index (κ3) is 2.21. The van der Waals surface area contributed by atoms with Crippen LogP contribution in [0.15, 0.2) is 18.2 Å². The van der Waals surface area contributed by atoms with Gasteiger partial charge in [0.2, 0.25) is 0 Å². The van der Waals surface area contributed by atoms with Crippen LogP contribution in [0.2, 0.25) is 0 Å². The average Bonchev–Trinajstić information content (AvgIpc) is 2.29. The smallest absolute Gasteiger partial charge is 0.328 e. The molecule has 1 aliphatic heterocycles. The highest BCUT2D eigenvalue weighted by atomic mass is 35.5. The molecule has 3 N–H and O–H groups in total. The number of carboxylic acids is 1. The van der Waals surface area contributed by atoms with Crippen LogP contribution in [0.1, 0.15) is 17.5 Å². The number of aliphatic carboxylic acids is 1. The number of alkyl halides is 1. The highest BCUT2D eigenvalue weighted by Crippen LogP contribution is 2.36. The van der Waals surface area contributed by atoms with Crippen molar-refractivity contribution in [2.45, 2.75) is 18.6 Å².